The Morgan fingerprint density at radius 1 is 1.64 bits per heavy atom. The van der Waals surface area contributed by atoms with Gasteiger partial charge in [0.05, 0.1) is 5.75 Å². The summed E-state index contributed by atoms with van der Waals surface area (Å²) >= 11 is 3.32. The molecule has 0 bridgehead atoms. The van der Waals surface area contributed by atoms with Gasteiger partial charge in [-0.2, -0.15) is 0 Å². The SMILES string of the molecule is CC(N)CS(=O)Cc1cncc(Br)c1. The molecule has 14 heavy (non-hydrogen) atoms. The number of hydrogen-bond donors (Lipinski definition) is 1. The molecule has 0 saturated heterocycles. The lowest BCUT2D eigenvalue weighted by atomic mass is 10.3. The van der Waals surface area contributed by atoms with Gasteiger partial charge in [0.1, 0.15) is 0 Å². The average molecular weight is 277 g/mol. The quantitative estimate of drug-likeness (QED) is 0.906. The Morgan fingerprint density at radius 3 is 2.93 bits per heavy atom. The third-order valence-corrected chi connectivity index (χ3v) is 3.52. The maximum atomic E-state index is 11.5. The molecule has 5 heteroatoms. The molecule has 1 rings (SSSR count). The van der Waals surface area contributed by atoms with Gasteiger partial charge in [-0.1, -0.05) is 0 Å². The number of halogens is 1. The fourth-order valence-electron chi connectivity index (χ4n) is 1.07. The Balaban J connectivity index is 2.56. The average Bonchev–Trinajstić information content (AvgIpc) is 2.01. The van der Waals surface area contributed by atoms with Gasteiger partial charge < -0.3 is 5.73 Å². The minimum absolute atomic E-state index is 0.0176. The van der Waals surface area contributed by atoms with E-state index in [1.165, 1.54) is 0 Å². The molecule has 2 atom stereocenters. The van der Waals surface area contributed by atoms with Gasteiger partial charge in [-0.15, -0.1) is 0 Å². The van der Waals surface area contributed by atoms with Crippen LogP contribution in [-0.4, -0.2) is 21.0 Å². The van der Waals surface area contributed by atoms with Crippen molar-refractivity contribution in [1.82, 2.24) is 4.98 Å². The Kier molecular flexibility index (Phi) is 4.71. The summed E-state index contributed by atoms with van der Waals surface area (Å²) in [6.07, 6.45) is 3.43. The van der Waals surface area contributed by atoms with Crippen LogP contribution in [0.15, 0.2) is 22.9 Å². The van der Waals surface area contributed by atoms with Crippen LogP contribution < -0.4 is 5.73 Å². The van der Waals surface area contributed by atoms with E-state index in [2.05, 4.69) is 20.9 Å². The molecule has 78 valence electrons. The van der Waals surface area contributed by atoms with E-state index in [0.29, 0.717) is 11.5 Å². The Bertz CT molecular complexity index is 330. The lowest BCUT2D eigenvalue weighted by Gasteiger charge is -2.05. The molecule has 0 amide bonds. The molecule has 2 unspecified atom stereocenters. The molecule has 0 spiro atoms. The summed E-state index contributed by atoms with van der Waals surface area (Å²) in [5, 5.41) is 0. The first-order valence-electron chi connectivity index (χ1n) is 4.28. The lowest BCUT2D eigenvalue weighted by Crippen LogP contribution is -2.23. The molecule has 0 aliphatic heterocycles. The number of aromatic nitrogens is 1. The number of rotatable bonds is 4. The Labute approximate surface area is 94.7 Å². The molecule has 0 saturated carbocycles. The smallest absolute Gasteiger partial charge is 0.0501 e. The van der Waals surface area contributed by atoms with E-state index in [0.717, 1.165) is 10.0 Å². The van der Waals surface area contributed by atoms with Gasteiger partial charge in [0.2, 0.25) is 0 Å². The number of pyridine rings is 1. The van der Waals surface area contributed by atoms with Gasteiger partial charge in [-0.05, 0) is 34.5 Å². The molecule has 1 aromatic rings. The standard InChI is InChI=1S/C9H13BrN2OS/c1-7(11)5-14(13)6-8-2-9(10)4-12-3-8/h2-4,7H,5-6,11H2,1H3. The van der Waals surface area contributed by atoms with Crippen LogP contribution in [-0.2, 0) is 16.6 Å². The van der Waals surface area contributed by atoms with Crippen LogP contribution in [0.25, 0.3) is 0 Å². The Morgan fingerprint density at radius 2 is 2.36 bits per heavy atom. The van der Waals surface area contributed by atoms with Crippen molar-refractivity contribution in [2.45, 2.75) is 18.7 Å². The molecule has 1 heterocycles. The van der Waals surface area contributed by atoms with Crippen LogP contribution in [0, 0.1) is 0 Å². The molecular formula is C9H13BrN2OS. The van der Waals surface area contributed by atoms with Crippen LogP contribution in [0.5, 0.6) is 0 Å². The topological polar surface area (TPSA) is 56.0 Å². The number of nitrogens with zero attached hydrogens (tertiary/aromatic N) is 1. The van der Waals surface area contributed by atoms with Crippen molar-refractivity contribution in [1.29, 1.82) is 0 Å². The van der Waals surface area contributed by atoms with E-state index >= 15 is 0 Å². The largest absolute Gasteiger partial charge is 0.327 e. The van der Waals surface area contributed by atoms with Crippen LogP contribution in [0.4, 0.5) is 0 Å². The summed E-state index contributed by atoms with van der Waals surface area (Å²) < 4.78 is 12.4. The van der Waals surface area contributed by atoms with Gasteiger partial charge in [0, 0.05) is 39.5 Å². The molecular weight excluding hydrogens is 264 g/mol. The predicted octanol–water partition coefficient (Wildman–Crippen LogP) is 1.44. The molecule has 3 nitrogen and oxygen atoms in total. The third-order valence-electron chi connectivity index (χ3n) is 1.54. The second-order valence-corrected chi connectivity index (χ2v) is 5.66. The number of nitrogens with two attached hydrogens (primary N) is 1. The first-order valence-corrected chi connectivity index (χ1v) is 6.56. The fraction of sp³-hybridized carbons (Fsp3) is 0.444. The van der Waals surface area contributed by atoms with Gasteiger partial charge in [0.15, 0.2) is 0 Å². The van der Waals surface area contributed by atoms with Crippen LogP contribution in [0.2, 0.25) is 0 Å². The number of hydrogen-bond acceptors (Lipinski definition) is 3. The third kappa shape index (κ3) is 4.30. The molecule has 0 aromatic carbocycles. The Hall–Kier alpha value is -0.260. The molecule has 0 radical (unpaired) electrons. The summed E-state index contributed by atoms with van der Waals surface area (Å²) in [6.45, 7) is 1.86. The van der Waals surface area contributed by atoms with E-state index in [4.69, 9.17) is 5.73 Å². The van der Waals surface area contributed by atoms with Crippen LogP contribution in [0.1, 0.15) is 12.5 Å². The highest BCUT2D eigenvalue weighted by atomic mass is 79.9. The summed E-state index contributed by atoms with van der Waals surface area (Å²) in [7, 11) is -0.895. The predicted molar refractivity (Wildman–Crippen MR) is 62.3 cm³/mol. The van der Waals surface area contributed by atoms with Crippen LogP contribution >= 0.6 is 15.9 Å². The summed E-state index contributed by atoms with van der Waals surface area (Å²) in [4.78, 5) is 4.00. The highest BCUT2D eigenvalue weighted by Gasteiger charge is 2.05. The minimum atomic E-state index is -0.895. The molecule has 1 aromatic heterocycles. The first kappa shape index (κ1) is 11.8. The van der Waals surface area contributed by atoms with Crippen molar-refractivity contribution < 1.29 is 4.21 Å². The normalized spacial score (nSPS) is 15.1. The second-order valence-electron chi connectivity index (χ2n) is 3.24. The van der Waals surface area contributed by atoms with E-state index in [1.54, 1.807) is 12.4 Å². The van der Waals surface area contributed by atoms with Crippen molar-refractivity contribution in [3.05, 3.63) is 28.5 Å². The van der Waals surface area contributed by atoms with Crippen molar-refractivity contribution in [3.8, 4) is 0 Å². The van der Waals surface area contributed by atoms with E-state index in [9.17, 15) is 4.21 Å². The molecule has 0 aliphatic rings. The molecule has 0 aliphatic carbocycles. The summed E-state index contributed by atoms with van der Waals surface area (Å²) in [6, 6.07) is 1.91. The lowest BCUT2D eigenvalue weighted by molar-refractivity contribution is 0.676. The van der Waals surface area contributed by atoms with Crippen LogP contribution in [0.3, 0.4) is 0 Å². The summed E-state index contributed by atoms with van der Waals surface area (Å²) in [5.41, 5.74) is 6.53. The zero-order valence-corrected chi connectivity index (χ0v) is 10.3. The maximum Gasteiger partial charge on any atom is 0.0501 e. The zero-order valence-electron chi connectivity index (χ0n) is 7.94. The van der Waals surface area contributed by atoms with Crippen molar-refractivity contribution in [2.75, 3.05) is 5.75 Å². The van der Waals surface area contributed by atoms with E-state index in [-0.39, 0.29) is 6.04 Å². The van der Waals surface area contributed by atoms with Gasteiger partial charge >= 0.3 is 0 Å². The fourth-order valence-corrected chi connectivity index (χ4v) is 2.72. The first-order chi connectivity index (χ1) is 6.58. The minimum Gasteiger partial charge on any atom is -0.327 e. The van der Waals surface area contributed by atoms with E-state index in [1.807, 2.05) is 13.0 Å². The van der Waals surface area contributed by atoms with Gasteiger partial charge in [-0.25, -0.2) is 0 Å². The summed E-state index contributed by atoms with van der Waals surface area (Å²) in [5.74, 6) is 1.06. The maximum absolute atomic E-state index is 11.5. The monoisotopic (exact) mass is 276 g/mol. The zero-order chi connectivity index (χ0) is 10.6. The van der Waals surface area contributed by atoms with Crippen molar-refractivity contribution in [2.24, 2.45) is 5.73 Å². The highest BCUT2D eigenvalue weighted by Crippen LogP contribution is 2.11. The highest BCUT2D eigenvalue weighted by molar-refractivity contribution is 9.10. The van der Waals surface area contributed by atoms with Crippen molar-refractivity contribution >= 4 is 26.7 Å². The van der Waals surface area contributed by atoms with Gasteiger partial charge in [0.25, 0.3) is 0 Å². The molecule has 0 fully saturated rings. The van der Waals surface area contributed by atoms with Gasteiger partial charge in [-0.3, -0.25) is 9.19 Å². The molecule has 2 N–H and O–H groups in total. The van der Waals surface area contributed by atoms with Crippen molar-refractivity contribution in [3.63, 3.8) is 0 Å². The second kappa shape index (κ2) is 5.58. The van der Waals surface area contributed by atoms with E-state index < -0.39 is 10.8 Å².